The summed E-state index contributed by atoms with van der Waals surface area (Å²) in [5.41, 5.74) is 5.65. The van der Waals surface area contributed by atoms with Crippen molar-refractivity contribution in [1.82, 2.24) is 19.9 Å². The molecule has 4 rings (SSSR count). The van der Waals surface area contributed by atoms with Crippen LogP contribution in [0.5, 0.6) is 0 Å². The number of fused-ring (bicyclic) bond motifs is 2. The van der Waals surface area contributed by atoms with E-state index in [1.54, 1.807) is 0 Å². The van der Waals surface area contributed by atoms with E-state index in [1.807, 2.05) is 38.1 Å². The van der Waals surface area contributed by atoms with Gasteiger partial charge in [-0.15, -0.1) is 0 Å². The Bertz CT molecular complexity index is 946. The topological polar surface area (TPSA) is 57.4 Å². The zero-order chi connectivity index (χ0) is 15.4. The lowest BCUT2D eigenvalue weighted by Gasteiger charge is -1.94. The van der Waals surface area contributed by atoms with Crippen molar-refractivity contribution in [3.63, 3.8) is 0 Å². The van der Waals surface area contributed by atoms with Gasteiger partial charge in [0, 0.05) is 10.0 Å². The summed E-state index contributed by atoms with van der Waals surface area (Å²) < 4.78 is 0. The highest BCUT2D eigenvalue weighted by Gasteiger charge is 2.13. The predicted molar refractivity (Wildman–Crippen MR) is 90.7 cm³/mol. The highest BCUT2D eigenvalue weighted by atomic mass is 35.5. The monoisotopic (exact) mass is 330 g/mol. The van der Waals surface area contributed by atoms with Crippen LogP contribution in [0.15, 0.2) is 24.3 Å². The summed E-state index contributed by atoms with van der Waals surface area (Å²) in [5.74, 6) is 1.37. The fraction of sp³-hybridized carbons (Fsp3) is 0.125. The number of nitrogens with zero attached hydrogens (tertiary/aromatic N) is 2. The van der Waals surface area contributed by atoms with Crippen molar-refractivity contribution in [2.75, 3.05) is 0 Å². The summed E-state index contributed by atoms with van der Waals surface area (Å²) in [6, 6.07) is 7.53. The molecule has 0 aliphatic heterocycles. The first-order chi connectivity index (χ1) is 10.5. The van der Waals surface area contributed by atoms with Gasteiger partial charge >= 0.3 is 0 Å². The van der Waals surface area contributed by atoms with E-state index in [9.17, 15) is 0 Å². The van der Waals surface area contributed by atoms with Gasteiger partial charge in [0.05, 0.1) is 22.1 Å². The van der Waals surface area contributed by atoms with Crippen molar-refractivity contribution in [3.8, 4) is 11.6 Å². The molecule has 0 radical (unpaired) electrons. The van der Waals surface area contributed by atoms with E-state index in [-0.39, 0.29) is 0 Å². The van der Waals surface area contributed by atoms with Crippen LogP contribution in [0.2, 0.25) is 10.0 Å². The fourth-order valence-corrected chi connectivity index (χ4v) is 3.26. The van der Waals surface area contributed by atoms with Crippen molar-refractivity contribution >= 4 is 45.3 Å². The summed E-state index contributed by atoms with van der Waals surface area (Å²) in [4.78, 5) is 15.8. The quantitative estimate of drug-likeness (QED) is 0.514. The Hall–Kier alpha value is -2.04. The third-order valence-corrected chi connectivity index (χ3v) is 4.14. The average Bonchev–Trinajstić information content (AvgIpc) is 3.01. The van der Waals surface area contributed by atoms with Gasteiger partial charge in [0.25, 0.3) is 0 Å². The number of aryl methyl sites for hydroxylation is 2. The van der Waals surface area contributed by atoms with E-state index < -0.39 is 0 Å². The molecule has 0 aliphatic rings. The van der Waals surface area contributed by atoms with Crippen molar-refractivity contribution in [2.45, 2.75) is 13.8 Å². The molecule has 0 atom stereocenters. The Morgan fingerprint density at radius 3 is 1.55 bits per heavy atom. The molecule has 2 aromatic carbocycles. The minimum Gasteiger partial charge on any atom is -0.335 e. The highest BCUT2D eigenvalue weighted by molar-refractivity contribution is 6.31. The Kier molecular flexibility index (Phi) is 2.93. The fourth-order valence-electron chi connectivity index (χ4n) is 2.72. The lowest BCUT2D eigenvalue weighted by Crippen LogP contribution is -1.82. The summed E-state index contributed by atoms with van der Waals surface area (Å²) >= 11 is 12.2. The van der Waals surface area contributed by atoms with Gasteiger partial charge in [-0.2, -0.15) is 0 Å². The molecule has 0 saturated heterocycles. The molecule has 0 bridgehead atoms. The molecule has 2 heterocycles. The molecule has 110 valence electrons. The first-order valence-corrected chi connectivity index (χ1v) is 7.59. The second kappa shape index (κ2) is 4.73. The molecule has 0 amide bonds. The normalized spacial score (nSPS) is 11.6. The number of hydrogen-bond acceptors (Lipinski definition) is 2. The predicted octanol–water partition coefficient (Wildman–Crippen LogP) is 5.03. The Morgan fingerprint density at radius 1 is 0.727 bits per heavy atom. The van der Waals surface area contributed by atoms with E-state index in [0.29, 0.717) is 21.7 Å². The van der Waals surface area contributed by atoms with Crippen LogP contribution in [0.25, 0.3) is 33.7 Å². The molecular weight excluding hydrogens is 319 g/mol. The van der Waals surface area contributed by atoms with Crippen LogP contribution < -0.4 is 0 Å². The van der Waals surface area contributed by atoms with Crippen LogP contribution in [0.4, 0.5) is 0 Å². The summed E-state index contributed by atoms with van der Waals surface area (Å²) in [6.45, 7) is 3.97. The lowest BCUT2D eigenvalue weighted by atomic mass is 10.2. The van der Waals surface area contributed by atoms with Crippen molar-refractivity contribution in [3.05, 3.63) is 45.4 Å². The Balaban J connectivity index is 1.95. The molecule has 0 aliphatic carbocycles. The van der Waals surface area contributed by atoms with Crippen molar-refractivity contribution in [1.29, 1.82) is 0 Å². The third-order valence-electron chi connectivity index (χ3n) is 3.71. The van der Waals surface area contributed by atoms with E-state index in [1.165, 1.54) is 0 Å². The number of rotatable bonds is 1. The first-order valence-electron chi connectivity index (χ1n) is 6.83. The number of H-pyrrole nitrogens is 2. The summed E-state index contributed by atoms with van der Waals surface area (Å²) in [6.07, 6.45) is 0. The second-order valence-corrected chi connectivity index (χ2v) is 6.28. The zero-order valence-corrected chi connectivity index (χ0v) is 13.5. The van der Waals surface area contributed by atoms with E-state index in [4.69, 9.17) is 23.2 Å². The molecule has 4 nitrogen and oxygen atoms in total. The van der Waals surface area contributed by atoms with E-state index in [0.717, 1.165) is 33.2 Å². The molecule has 22 heavy (non-hydrogen) atoms. The van der Waals surface area contributed by atoms with Gasteiger partial charge in [0.1, 0.15) is 0 Å². The van der Waals surface area contributed by atoms with Gasteiger partial charge in [-0.1, -0.05) is 23.2 Å². The van der Waals surface area contributed by atoms with Crippen LogP contribution in [0, 0.1) is 13.8 Å². The number of hydrogen-bond donors (Lipinski definition) is 2. The van der Waals surface area contributed by atoms with Crippen molar-refractivity contribution < 1.29 is 0 Å². The van der Waals surface area contributed by atoms with Gasteiger partial charge < -0.3 is 9.97 Å². The van der Waals surface area contributed by atoms with Gasteiger partial charge in [-0.05, 0) is 49.2 Å². The largest absolute Gasteiger partial charge is 0.335 e. The van der Waals surface area contributed by atoms with Gasteiger partial charge in [0.15, 0.2) is 11.6 Å². The van der Waals surface area contributed by atoms with Crippen molar-refractivity contribution in [2.24, 2.45) is 0 Å². The minimum atomic E-state index is 0.687. The van der Waals surface area contributed by atoms with Gasteiger partial charge in [0.2, 0.25) is 0 Å². The molecule has 6 heteroatoms. The molecule has 0 fully saturated rings. The maximum atomic E-state index is 6.10. The number of aromatic amines is 2. The number of nitrogens with one attached hydrogen (secondary N) is 2. The molecule has 0 unspecified atom stereocenters. The van der Waals surface area contributed by atoms with Crippen LogP contribution in [0.3, 0.4) is 0 Å². The lowest BCUT2D eigenvalue weighted by molar-refractivity contribution is 1.22. The molecular formula is C16H12Cl2N4. The molecule has 0 saturated carbocycles. The van der Waals surface area contributed by atoms with Crippen LogP contribution in [-0.4, -0.2) is 19.9 Å². The first kappa shape index (κ1) is 13.6. The standard InChI is InChI=1S/C16H12Cl2N4/c1-7-3-9(17)5-11-13(7)21-15(19-11)16-20-12-6-10(18)4-8(2)14(12)22-16/h3-6H,1-2H3,(H,19,21)(H,20,22). The number of halogens is 2. The smallest absolute Gasteiger partial charge is 0.174 e. The van der Waals surface area contributed by atoms with Crippen LogP contribution >= 0.6 is 23.2 Å². The van der Waals surface area contributed by atoms with Gasteiger partial charge in [-0.25, -0.2) is 9.97 Å². The summed E-state index contributed by atoms with van der Waals surface area (Å²) in [7, 11) is 0. The average molecular weight is 331 g/mol. The molecule has 2 aromatic heterocycles. The Labute approximate surface area is 136 Å². The number of imidazole rings is 2. The number of benzene rings is 2. The van der Waals surface area contributed by atoms with Crippen LogP contribution in [0.1, 0.15) is 11.1 Å². The van der Waals surface area contributed by atoms with E-state index in [2.05, 4.69) is 19.9 Å². The highest BCUT2D eigenvalue weighted by Crippen LogP contribution is 2.27. The SMILES string of the molecule is Cc1cc(Cl)cc2[nH]c(-c3nc4c(C)cc(Cl)cc4[nH]3)nc12. The maximum Gasteiger partial charge on any atom is 0.174 e. The van der Waals surface area contributed by atoms with Gasteiger partial charge in [-0.3, -0.25) is 0 Å². The Morgan fingerprint density at radius 2 is 1.14 bits per heavy atom. The second-order valence-electron chi connectivity index (χ2n) is 5.41. The molecule has 4 aromatic rings. The maximum absolute atomic E-state index is 6.10. The third kappa shape index (κ3) is 2.07. The molecule has 2 N–H and O–H groups in total. The minimum absolute atomic E-state index is 0.687. The van der Waals surface area contributed by atoms with Crippen LogP contribution in [-0.2, 0) is 0 Å². The molecule has 0 spiro atoms. The zero-order valence-electron chi connectivity index (χ0n) is 12.0. The van der Waals surface area contributed by atoms with E-state index >= 15 is 0 Å². The number of aromatic nitrogens is 4. The summed E-state index contributed by atoms with van der Waals surface area (Å²) in [5, 5.41) is 1.37.